The molecule has 1 amide bonds. The summed E-state index contributed by atoms with van der Waals surface area (Å²) in [6.45, 7) is 2.09. The second-order valence-electron chi connectivity index (χ2n) is 5.44. The standard InChI is InChI=1S/C16H18ClN3O/c17-13-4-5-14(16-12(13)2-1-8-19-16)20-15(21)6-3-11-7-9-18-10-11/h1-2,4-5,8,11,18H,3,6-7,9-10H2,(H,20,21). The number of pyridine rings is 1. The number of rotatable bonds is 4. The largest absolute Gasteiger partial charge is 0.324 e. The van der Waals surface area contributed by atoms with Gasteiger partial charge >= 0.3 is 0 Å². The fourth-order valence-electron chi connectivity index (χ4n) is 2.75. The van der Waals surface area contributed by atoms with E-state index in [1.54, 1.807) is 12.3 Å². The Morgan fingerprint density at radius 2 is 2.33 bits per heavy atom. The van der Waals surface area contributed by atoms with Crippen LogP contribution in [0.3, 0.4) is 0 Å². The molecule has 1 atom stereocenters. The molecule has 1 aromatic carbocycles. The van der Waals surface area contributed by atoms with Crippen molar-refractivity contribution in [2.45, 2.75) is 19.3 Å². The molecular formula is C16H18ClN3O. The molecule has 3 rings (SSSR count). The number of fused-ring (bicyclic) bond motifs is 1. The number of nitrogens with one attached hydrogen (secondary N) is 2. The molecule has 0 spiro atoms. The van der Waals surface area contributed by atoms with Gasteiger partial charge in [0.1, 0.15) is 0 Å². The fourth-order valence-corrected chi connectivity index (χ4v) is 2.96. The fraction of sp³-hybridized carbons (Fsp3) is 0.375. The highest BCUT2D eigenvalue weighted by Crippen LogP contribution is 2.28. The van der Waals surface area contributed by atoms with Crippen LogP contribution in [0.5, 0.6) is 0 Å². The number of carbonyl (C=O) groups is 1. The average Bonchev–Trinajstić information content (AvgIpc) is 3.02. The van der Waals surface area contributed by atoms with Gasteiger partial charge in [-0.1, -0.05) is 11.6 Å². The van der Waals surface area contributed by atoms with Gasteiger partial charge in [0.25, 0.3) is 0 Å². The maximum Gasteiger partial charge on any atom is 0.224 e. The quantitative estimate of drug-likeness (QED) is 0.912. The maximum absolute atomic E-state index is 12.1. The van der Waals surface area contributed by atoms with E-state index in [2.05, 4.69) is 15.6 Å². The Hall–Kier alpha value is -1.65. The molecule has 1 saturated heterocycles. The molecule has 1 aliphatic rings. The molecule has 0 radical (unpaired) electrons. The van der Waals surface area contributed by atoms with E-state index in [1.165, 1.54) is 6.42 Å². The predicted molar refractivity (Wildman–Crippen MR) is 85.6 cm³/mol. The summed E-state index contributed by atoms with van der Waals surface area (Å²) in [5, 5.41) is 7.78. The Labute approximate surface area is 128 Å². The van der Waals surface area contributed by atoms with Gasteiger partial charge in [-0.25, -0.2) is 0 Å². The molecule has 1 aromatic heterocycles. The first-order valence-corrected chi connectivity index (χ1v) is 7.65. The second-order valence-corrected chi connectivity index (χ2v) is 5.85. The van der Waals surface area contributed by atoms with Crippen LogP contribution < -0.4 is 10.6 Å². The lowest BCUT2D eigenvalue weighted by Gasteiger charge is -2.10. The van der Waals surface area contributed by atoms with E-state index >= 15 is 0 Å². The Balaban J connectivity index is 1.69. The van der Waals surface area contributed by atoms with E-state index < -0.39 is 0 Å². The van der Waals surface area contributed by atoms with Crippen molar-refractivity contribution in [3.05, 3.63) is 35.5 Å². The molecule has 1 unspecified atom stereocenters. The SMILES string of the molecule is O=C(CCC1CCNC1)Nc1ccc(Cl)c2cccnc12. The van der Waals surface area contributed by atoms with Crippen LogP contribution in [0.25, 0.3) is 10.9 Å². The van der Waals surface area contributed by atoms with Crippen molar-refractivity contribution < 1.29 is 4.79 Å². The van der Waals surface area contributed by atoms with Crippen LogP contribution in [0.4, 0.5) is 5.69 Å². The smallest absolute Gasteiger partial charge is 0.224 e. The van der Waals surface area contributed by atoms with E-state index in [4.69, 9.17) is 11.6 Å². The van der Waals surface area contributed by atoms with E-state index in [0.717, 1.165) is 36.1 Å². The highest BCUT2D eigenvalue weighted by molar-refractivity contribution is 6.35. The van der Waals surface area contributed by atoms with Crippen LogP contribution in [0, 0.1) is 5.92 Å². The van der Waals surface area contributed by atoms with Gasteiger partial charge in [0.05, 0.1) is 16.2 Å². The van der Waals surface area contributed by atoms with Crippen molar-refractivity contribution in [3.63, 3.8) is 0 Å². The molecule has 0 bridgehead atoms. The van der Waals surface area contributed by atoms with Crippen molar-refractivity contribution >= 4 is 34.1 Å². The first-order valence-electron chi connectivity index (χ1n) is 7.28. The van der Waals surface area contributed by atoms with Gasteiger partial charge in [-0.3, -0.25) is 9.78 Å². The highest BCUT2D eigenvalue weighted by atomic mass is 35.5. The third-order valence-electron chi connectivity index (χ3n) is 3.93. The van der Waals surface area contributed by atoms with Crippen molar-refractivity contribution in [2.24, 2.45) is 5.92 Å². The summed E-state index contributed by atoms with van der Waals surface area (Å²) >= 11 is 6.15. The summed E-state index contributed by atoms with van der Waals surface area (Å²) in [6, 6.07) is 7.35. The van der Waals surface area contributed by atoms with Crippen LogP contribution >= 0.6 is 11.6 Å². The van der Waals surface area contributed by atoms with Crippen molar-refractivity contribution in [1.29, 1.82) is 0 Å². The Morgan fingerprint density at radius 1 is 1.43 bits per heavy atom. The first-order chi connectivity index (χ1) is 10.2. The van der Waals surface area contributed by atoms with Gasteiger partial charge in [-0.2, -0.15) is 0 Å². The molecule has 5 heteroatoms. The maximum atomic E-state index is 12.1. The molecule has 110 valence electrons. The number of anilines is 1. The Kier molecular flexibility index (Phi) is 4.36. The van der Waals surface area contributed by atoms with E-state index in [0.29, 0.717) is 17.4 Å². The minimum atomic E-state index is 0.0381. The summed E-state index contributed by atoms with van der Waals surface area (Å²) in [7, 11) is 0. The zero-order chi connectivity index (χ0) is 14.7. The van der Waals surface area contributed by atoms with Gasteiger partial charge in [0.15, 0.2) is 0 Å². The molecule has 21 heavy (non-hydrogen) atoms. The van der Waals surface area contributed by atoms with Crippen LogP contribution in [0.2, 0.25) is 5.02 Å². The molecule has 0 saturated carbocycles. The number of hydrogen-bond donors (Lipinski definition) is 2. The van der Waals surface area contributed by atoms with Gasteiger partial charge in [0, 0.05) is 18.0 Å². The summed E-state index contributed by atoms with van der Waals surface area (Å²) in [6.07, 6.45) is 4.35. The lowest BCUT2D eigenvalue weighted by Crippen LogP contribution is -2.15. The third-order valence-corrected chi connectivity index (χ3v) is 4.26. The van der Waals surface area contributed by atoms with Crippen LogP contribution in [0.1, 0.15) is 19.3 Å². The van der Waals surface area contributed by atoms with Gasteiger partial charge in [0.2, 0.25) is 5.91 Å². The number of amides is 1. The molecule has 0 aliphatic carbocycles. The molecule has 4 nitrogen and oxygen atoms in total. The zero-order valence-electron chi connectivity index (χ0n) is 11.7. The van der Waals surface area contributed by atoms with Gasteiger partial charge < -0.3 is 10.6 Å². The summed E-state index contributed by atoms with van der Waals surface area (Å²) in [4.78, 5) is 16.4. The lowest BCUT2D eigenvalue weighted by molar-refractivity contribution is -0.116. The monoisotopic (exact) mass is 303 g/mol. The highest BCUT2D eigenvalue weighted by Gasteiger charge is 2.16. The summed E-state index contributed by atoms with van der Waals surface area (Å²) in [5.74, 6) is 0.659. The van der Waals surface area contributed by atoms with Crippen molar-refractivity contribution in [1.82, 2.24) is 10.3 Å². The van der Waals surface area contributed by atoms with Crippen molar-refractivity contribution in [2.75, 3.05) is 18.4 Å². The normalized spacial score (nSPS) is 18.0. The van der Waals surface area contributed by atoms with E-state index in [1.807, 2.05) is 18.2 Å². The number of aromatic nitrogens is 1. The molecule has 2 heterocycles. The topological polar surface area (TPSA) is 54.0 Å². The number of benzene rings is 1. The minimum Gasteiger partial charge on any atom is -0.324 e. The average molecular weight is 304 g/mol. The Morgan fingerprint density at radius 3 is 3.14 bits per heavy atom. The first kappa shape index (κ1) is 14.3. The van der Waals surface area contributed by atoms with Crippen LogP contribution in [-0.2, 0) is 4.79 Å². The number of carbonyl (C=O) groups excluding carboxylic acids is 1. The Bertz CT molecular complexity index is 653. The lowest BCUT2D eigenvalue weighted by atomic mass is 10.0. The predicted octanol–water partition coefficient (Wildman–Crippen LogP) is 3.22. The van der Waals surface area contributed by atoms with Crippen molar-refractivity contribution in [3.8, 4) is 0 Å². The number of hydrogen-bond acceptors (Lipinski definition) is 3. The van der Waals surface area contributed by atoms with E-state index in [9.17, 15) is 4.79 Å². The molecular weight excluding hydrogens is 286 g/mol. The second kappa shape index (κ2) is 6.41. The number of halogens is 1. The van der Waals surface area contributed by atoms with Gasteiger partial charge in [-0.05, 0) is 56.1 Å². The summed E-state index contributed by atoms with van der Waals surface area (Å²) in [5.41, 5.74) is 1.46. The molecule has 2 aromatic rings. The van der Waals surface area contributed by atoms with Gasteiger partial charge in [-0.15, -0.1) is 0 Å². The molecule has 2 N–H and O–H groups in total. The van der Waals surface area contributed by atoms with Crippen LogP contribution in [0.15, 0.2) is 30.5 Å². The minimum absolute atomic E-state index is 0.0381. The molecule has 1 aliphatic heterocycles. The number of nitrogens with zero attached hydrogens (tertiary/aromatic N) is 1. The molecule has 1 fully saturated rings. The van der Waals surface area contributed by atoms with Crippen LogP contribution in [-0.4, -0.2) is 24.0 Å². The zero-order valence-corrected chi connectivity index (χ0v) is 12.5. The third kappa shape index (κ3) is 3.34. The summed E-state index contributed by atoms with van der Waals surface area (Å²) < 4.78 is 0. The van der Waals surface area contributed by atoms with E-state index in [-0.39, 0.29) is 5.91 Å².